The quantitative estimate of drug-likeness (QED) is 0.611. The van der Waals surface area contributed by atoms with Crippen LogP contribution in [0.3, 0.4) is 0 Å². The highest BCUT2D eigenvalue weighted by atomic mass is 16.4. The number of anilines is 1. The zero-order valence-corrected chi connectivity index (χ0v) is 10.5. The summed E-state index contributed by atoms with van der Waals surface area (Å²) in [6.45, 7) is 2.74. The first kappa shape index (κ1) is 13.4. The fraction of sp³-hybridized carbons (Fsp3) is 0.385. The fourth-order valence-electron chi connectivity index (χ4n) is 2.24. The molecule has 0 aromatic heterocycles. The van der Waals surface area contributed by atoms with Gasteiger partial charge in [0.05, 0.1) is 5.92 Å². The minimum absolute atomic E-state index is 0.107. The number of amides is 1. The third kappa shape index (κ3) is 2.85. The van der Waals surface area contributed by atoms with E-state index in [1.54, 1.807) is 0 Å². The van der Waals surface area contributed by atoms with E-state index in [9.17, 15) is 14.7 Å². The number of hydrogen-bond donors (Lipinski definition) is 4. The number of aromatic hydroxyl groups is 1. The number of phenols is 1. The van der Waals surface area contributed by atoms with Gasteiger partial charge < -0.3 is 20.8 Å². The van der Waals surface area contributed by atoms with Gasteiger partial charge in [0.2, 0.25) is 5.91 Å². The summed E-state index contributed by atoms with van der Waals surface area (Å²) in [5, 5.41) is 24.1. The molecule has 2 atom stereocenters. The normalized spacial score (nSPS) is 22.2. The molecular formula is C13H16N2O4. The summed E-state index contributed by atoms with van der Waals surface area (Å²) < 4.78 is 0. The van der Waals surface area contributed by atoms with Crippen LogP contribution in [0.1, 0.15) is 23.7 Å². The molecule has 6 nitrogen and oxygen atoms in total. The number of nitrogens with one attached hydrogen (secondary N) is 2. The molecule has 102 valence electrons. The number of carboxylic acid groups (broad SMARTS) is 1. The number of carbonyl (C=O) groups excluding carboxylic acids is 1. The van der Waals surface area contributed by atoms with Crippen LogP contribution in [0.5, 0.6) is 5.75 Å². The number of carbonyl (C=O) groups is 2. The fourth-order valence-corrected chi connectivity index (χ4v) is 2.24. The first-order chi connectivity index (χ1) is 8.99. The molecule has 1 aliphatic rings. The van der Waals surface area contributed by atoms with Gasteiger partial charge in [-0.25, -0.2) is 4.79 Å². The maximum Gasteiger partial charge on any atom is 0.339 e. The van der Waals surface area contributed by atoms with Crippen molar-refractivity contribution in [1.29, 1.82) is 0 Å². The van der Waals surface area contributed by atoms with E-state index in [0.29, 0.717) is 5.69 Å². The average molecular weight is 264 g/mol. The molecule has 1 aromatic carbocycles. The van der Waals surface area contributed by atoms with Crippen molar-refractivity contribution in [2.24, 2.45) is 5.92 Å². The molecule has 1 aliphatic heterocycles. The molecule has 0 radical (unpaired) electrons. The summed E-state index contributed by atoms with van der Waals surface area (Å²) in [4.78, 5) is 22.9. The third-order valence-corrected chi connectivity index (χ3v) is 3.36. The van der Waals surface area contributed by atoms with Gasteiger partial charge in [0, 0.05) is 11.7 Å². The van der Waals surface area contributed by atoms with Crippen molar-refractivity contribution >= 4 is 17.6 Å². The van der Waals surface area contributed by atoms with Crippen LogP contribution in [0.4, 0.5) is 5.69 Å². The zero-order chi connectivity index (χ0) is 14.0. The summed E-state index contributed by atoms with van der Waals surface area (Å²) in [7, 11) is 0. The summed E-state index contributed by atoms with van der Waals surface area (Å²) >= 11 is 0. The SMILES string of the molecule is CC1NCCC1C(=O)Nc1ccc(O)c(C(=O)O)c1. The van der Waals surface area contributed by atoms with Gasteiger partial charge in [0.1, 0.15) is 11.3 Å². The van der Waals surface area contributed by atoms with Gasteiger partial charge in [-0.05, 0) is 38.1 Å². The molecular weight excluding hydrogens is 248 g/mol. The van der Waals surface area contributed by atoms with Crippen LogP contribution in [0.2, 0.25) is 0 Å². The molecule has 1 heterocycles. The van der Waals surface area contributed by atoms with Crippen LogP contribution in [-0.4, -0.2) is 34.7 Å². The van der Waals surface area contributed by atoms with Gasteiger partial charge >= 0.3 is 5.97 Å². The molecule has 0 bridgehead atoms. The highest BCUT2D eigenvalue weighted by Gasteiger charge is 2.29. The van der Waals surface area contributed by atoms with Crippen molar-refractivity contribution in [2.45, 2.75) is 19.4 Å². The lowest BCUT2D eigenvalue weighted by atomic mass is 10.0. The van der Waals surface area contributed by atoms with Gasteiger partial charge in [0.25, 0.3) is 0 Å². The molecule has 6 heteroatoms. The maximum atomic E-state index is 12.0. The number of benzene rings is 1. The van der Waals surface area contributed by atoms with Crippen LogP contribution in [0, 0.1) is 5.92 Å². The Balaban J connectivity index is 2.13. The summed E-state index contributed by atoms with van der Waals surface area (Å²) in [5.74, 6) is -1.81. The van der Waals surface area contributed by atoms with E-state index in [1.807, 2.05) is 6.92 Å². The van der Waals surface area contributed by atoms with Crippen LogP contribution < -0.4 is 10.6 Å². The van der Waals surface area contributed by atoms with E-state index in [1.165, 1.54) is 18.2 Å². The lowest BCUT2D eigenvalue weighted by molar-refractivity contribution is -0.120. The van der Waals surface area contributed by atoms with Crippen molar-refractivity contribution in [1.82, 2.24) is 5.32 Å². The van der Waals surface area contributed by atoms with Gasteiger partial charge in [0.15, 0.2) is 0 Å². The van der Waals surface area contributed by atoms with Crippen LogP contribution in [0.15, 0.2) is 18.2 Å². The van der Waals surface area contributed by atoms with Gasteiger partial charge in [-0.2, -0.15) is 0 Å². The zero-order valence-electron chi connectivity index (χ0n) is 10.5. The second-order valence-corrected chi connectivity index (χ2v) is 4.66. The van der Waals surface area contributed by atoms with E-state index in [-0.39, 0.29) is 29.2 Å². The van der Waals surface area contributed by atoms with Crippen molar-refractivity contribution in [3.8, 4) is 5.75 Å². The molecule has 2 rings (SSSR count). The smallest absolute Gasteiger partial charge is 0.339 e. The monoisotopic (exact) mass is 264 g/mol. The maximum absolute atomic E-state index is 12.0. The Hall–Kier alpha value is -2.08. The Morgan fingerprint density at radius 2 is 2.16 bits per heavy atom. The molecule has 1 saturated heterocycles. The van der Waals surface area contributed by atoms with Crippen LogP contribution >= 0.6 is 0 Å². The number of rotatable bonds is 3. The first-order valence-electron chi connectivity index (χ1n) is 6.09. The Morgan fingerprint density at radius 3 is 2.74 bits per heavy atom. The number of aromatic carboxylic acids is 1. The Bertz CT molecular complexity index is 515. The average Bonchev–Trinajstić information content (AvgIpc) is 2.77. The highest BCUT2D eigenvalue weighted by Crippen LogP contribution is 2.23. The predicted molar refractivity (Wildman–Crippen MR) is 69.3 cm³/mol. The second-order valence-electron chi connectivity index (χ2n) is 4.66. The Morgan fingerprint density at radius 1 is 1.42 bits per heavy atom. The minimum atomic E-state index is -1.23. The molecule has 4 N–H and O–H groups in total. The predicted octanol–water partition coefficient (Wildman–Crippen LogP) is 1.03. The van der Waals surface area contributed by atoms with E-state index in [0.717, 1.165) is 13.0 Å². The van der Waals surface area contributed by atoms with Crippen molar-refractivity contribution in [3.63, 3.8) is 0 Å². The summed E-state index contributed by atoms with van der Waals surface area (Å²) in [6, 6.07) is 4.10. The Labute approximate surface area is 110 Å². The minimum Gasteiger partial charge on any atom is -0.507 e. The molecule has 0 spiro atoms. The van der Waals surface area contributed by atoms with Crippen molar-refractivity contribution < 1.29 is 19.8 Å². The molecule has 1 amide bonds. The largest absolute Gasteiger partial charge is 0.507 e. The number of carboxylic acids is 1. The summed E-state index contributed by atoms with van der Waals surface area (Å²) in [5.41, 5.74) is 0.148. The third-order valence-electron chi connectivity index (χ3n) is 3.36. The molecule has 0 saturated carbocycles. The van der Waals surface area contributed by atoms with E-state index >= 15 is 0 Å². The van der Waals surface area contributed by atoms with Crippen LogP contribution in [-0.2, 0) is 4.79 Å². The molecule has 1 aromatic rings. The number of hydrogen-bond acceptors (Lipinski definition) is 4. The van der Waals surface area contributed by atoms with Crippen molar-refractivity contribution in [2.75, 3.05) is 11.9 Å². The van der Waals surface area contributed by atoms with E-state index in [4.69, 9.17) is 5.11 Å². The van der Waals surface area contributed by atoms with Crippen molar-refractivity contribution in [3.05, 3.63) is 23.8 Å². The topological polar surface area (TPSA) is 98.7 Å². The summed E-state index contributed by atoms with van der Waals surface area (Å²) in [6.07, 6.45) is 0.761. The lowest BCUT2D eigenvalue weighted by Crippen LogP contribution is -2.32. The first-order valence-corrected chi connectivity index (χ1v) is 6.09. The molecule has 19 heavy (non-hydrogen) atoms. The lowest BCUT2D eigenvalue weighted by Gasteiger charge is -2.15. The molecule has 2 unspecified atom stereocenters. The van der Waals surface area contributed by atoms with Gasteiger partial charge in [-0.1, -0.05) is 0 Å². The van der Waals surface area contributed by atoms with Gasteiger partial charge in [-0.3, -0.25) is 4.79 Å². The molecule has 0 aliphatic carbocycles. The van der Waals surface area contributed by atoms with E-state index < -0.39 is 5.97 Å². The second kappa shape index (κ2) is 5.27. The van der Waals surface area contributed by atoms with Crippen LogP contribution in [0.25, 0.3) is 0 Å². The van der Waals surface area contributed by atoms with Gasteiger partial charge in [-0.15, -0.1) is 0 Å². The standard InChI is InChI=1S/C13H16N2O4/c1-7-9(4-5-14-7)12(17)15-8-2-3-11(16)10(6-8)13(18)19/h2-3,6-7,9,14,16H,4-5H2,1H3,(H,15,17)(H,18,19). The molecule has 1 fully saturated rings. The van der Waals surface area contributed by atoms with E-state index in [2.05, 4.69) is 10.6 Å². The highest BCUT2D eigenvalue weighted by molar-refractivity contribution is 5.96. The Kier molecular flexibility index (Phi) is 3.71.